The van der Waals surface area contributed by atoms with Crippen molar-refractivity contribution < 1.29 is 14.6 Å². The first-order valence-corrected chi connectivity index (χ1v) is 13.3. The highest BCUT2D eigenvalue weighted by molar-refractivity contribution is 5.22. The number of fused-ring (bicyclic) bond motifs is 5. The number of rotatable bonds is 7. The zero-order valence-electron chi connectivity index (χ0n) is 20.5. The highest BCUT2D eigenvalue weighted by Crippen LogP contribution is 2.65. The lowest BCUT2D eigenvalue weighted by Gasteiger charge is -2.55. The van der Waals surface area contributed by atoms with Crippen LogP contribution in [0.15, 0.2) is 11.6 Å². The molecule has 0 aromatic rings. The Bertz CT molecular complexity index is 672. The first kappa shape index (κ1) is 23.7. The molecule has 3 heteroatoms. The molecule has 0 unspecified atom stereocenters. The average molecular weight is 435 g/mol. The normalized spacial score (nSPS) is 45.1. The van der Waals surface area contributed by atoms with Gasteiger partial charge in [-0.05, 0) is 112 Å². The Kier molecular flexibility index (Phi) is 6.70. The molecule has 0 saturated heterocycles. The van der Waals surface area contributed by atoms with Crippen LogP contribution < -0.4 is 0 Å². The summed E-state index contributed by atoms with van der Waals surface area (Å²) < 4.78 is 12.9. The molecule has 0 heterocycles. The predicted octanol–water partition coefficient (Wildman–Crippen LogP) is 6.84. The zero-order valence-corrected chi connectivity index (χ0v) is 20.5. The molecule has 2 nitrogen and oxygen atoms in total. The molecule has 0 radical (unpaired) electrons. The topological polar surface area (TPSA) is 40.5 Å². The van der Waals surface area contributed by atoms with E-state index in [-0.39, 0.29) is 0 Å². The summed E-state index contributed by atoms with van der Waals surface area (Å²) in [4.78, 5) is 0. The fourth-order valence-corrected chi connectivity index (χ4v) is 8.71. The molecule has 31 heavy (non-hydrogen) atoms. The van der Waals surface area contributed by atoms with E-state index in [0.717, 1.165) is 61.7 Å². The fourth-order valence-electron chi connectivity index (χ4n) is 8.71. The molecule has 0 aromatic carbocycles. The van der Waals surface area contributed by atoms with Crippen molar-refractivity contribution in [1.29, 1.82) is 0 Å². The molecule has 9 atom stereocenters. The second kappa shape index (κ2) is 8.75. The first-order chi connectivity index (χ1) is 14.6. The van der Waals surface area contributed by atoms with E-state index in [0.29, 0.717) is 17.8 Å². The molecular formula is C28H47FO2. The Labute approximate surface area is 190 Å². The summed E-state index contributed by atoms with van der Waals surface area (Å²) in [5.74, 6) is 4.69. The Morgan fingerprint density at radius 1 is 1.19 bits per heavy atom. The molecule has 0 aromatic heterocycles. The number of aliphatic hydroxyl groups is 2. The molecule has 3 fully saturated rings. The Morgan fingerprint density at radius 2 is 1.97 bits per heavy atom. The van der Waals surface area contributed by atoms with Gasteiger partial charge in [-0.15, -0.1) is 0 Å². The van der Waals surface area contributed by atoms with Gasteiger partial charge in [0.1, 0.15) is 6.67 Å². The van der Waals surface area contributed by atoms with Gasteiger partial charge in [-0.3, -0.25) is 0 Å². The van der Waals surface area contributed by atoms with Crippen molar-refractivity contribution in [2.75, 3.05) is 6.67 Å². The van der Waals surface area contributed by atoms with Gasteiger partial charge in [0.2, 0.25) is 0 Å². The van der Waals surface area contributed by atoms with Crippen LogP contribution in [0.2, 0.25) is 0 Å². The van der Waals surface area contributed by atoms with Crippen LogP contribution in [0.5, 0.6) is 0 Å². The third-order valence-corrected chi connectivity index (χ3v) is 10.7. The number of allylic oxidation sites excluding steroid dienone is 1. The molecule has 0 bridgehead atoms. The van der Waals surface area contributed by atoms with E-state index in [1.54, 1.807) is 12.5 Å². The summed E-state index contributed by atoms with van der Waals surface area (Å²) in [5.41, 5.74) is 0.450. The molecule has 0 amide bonds. The van der Waals surface area contributed by atoms with Crippen LogP contribution in [0.25, 0.3) is 0 Å². The second-order valence-corrected chi connectivity index (χ2v) is 12.6. The molecule has 4 aliphatic carbocycles. The SMILES string of the molecule is CC[C@]1(O)CC[C@H]2C(=CC[C@@H]3[C@@H]2CC[C@]2(C)[C@@H]([C@H](C)CCC[C@](C)(O)CF)CC[C@@H]32)C1. The van der Waals surface area contributed by atoms with E-state index in [1.807, 2.05) is 0 Å². The predicted molar refractivity (Wildman–Crippen MR) is 125 cm³/mol. The minimum Gasteiger partial charge on any atom is -0.390 e. The van der Waals surface area contributed by atoms with E-state index in [1.165, 1.54) is 38.5 Å². The average Bonchev–Trinajstić information content (AvgIpc) is 3.10. The summed E-state index contributed by atoms with van der Waals surface area (Å²) in [5, 5.41) is 20.9. The molecule has 2 N–H and O–H groups in total. The summed E-state index contributed by atoms with van der Waals surface area (Å²) >= 11 is 0. The minimum absolute atomic E-state index is 0.445. The lowest BCUT2D eigenvalue weighted by Crippen LogP contribution is -2.48. The van der Waals surface area contributed by atoms with Crippen molar-refractivity contribution in [3.05, 3.63) is 11.6 Å². The highest BCUT2D eigenvalue weighted by atomic mass is 19.1. The van der Waals surface area contributed by atoms with E-state index < -0.39 is 17.9 Å². The van der Waals surface area contributed by atoms with Crippen molar-refractivity contribution in [2.45, 2.75) is 116 Å². The minimum atomic E-state index is -1.14. The van der Waals surface area contributed by atoms with Crippen LogP contribution in [0.4, 0.5) is 4.39 Å². The van der Waals surface area contributed by atoms with Crippen molar-refractivity contribution in [1.82, 2.24) is 0 Å². The van der Waals surface area contributed by atoms with Crippen molar-refractivity contribution in [2.24, 2.45) is 40.9 Å². The number of hydrogen-bond donors (Lipinski definition) is 2. The van der Waals surface area contributed by atoms with E-state index in [9.17, 15) is 14.6 Å². The third-order valence-electron chi connectivity index (χ3n) is 10.7. The Morgan fingerprint density at radius 3 is 2.68 bits per heavy atom. The van der Waals surface area contributed by atoms with Gasteiger partial charge in [0.15, 0.2) is 0 Å². The van der Waals surface area contributed by atoms with E-state index in [2.05, 4.69) is 26.8 Å². The maximum Gasteiger partial charge on any atom is 0.118 e. The van der Waals surface area contributed by atoms with Crippen LogP contribution in [-0.4, -0.2) is 28.1 Å². The molecule has 178 valence electrons. The van der Waals surface area contributed by atoms with Crippen molar-refractivity contribution >= 4 is 0 Å². The molecule has 0 spiro atoms. The van der Waals surface area contributed by atoms with E-state index in [4.69, 9.17) is 0 Å². The van der Waals surface area contributed by atoms with Gasteiger partial charge in [-0.2, -0.15) is 0 Å². The lowest BCUT2D eigenvalue weighted by molar-refractivity contribution is -0.0465. The van der Waals surface area contributed by atoms with Crippen LogP contribution in [0.1, 0.15) is 105 Å². The fraction of sp³-hybridized carbons (Fsp3) is 0.929. The highest BCUT2D eigenvalue weighted by Gasteiger charge is 2.57. The monoisotopic (exact) mass is 434 g/mol. The zero-order chi connectivity index (χ0) is 22.4. The Balaban J connectivity index is 1.42. The second-order valence-electron chi connectivity index (χ2n) is 12.6. The standard InChI is InChI=1S/C28H47FO2/c1-5-28(31)16-13-21-20(17-28)8-9-23-22(21)12-15-27(4)24(10-11-25(23)27)19(2)7-6-14-26(3,30)18-29/h8,19,21-25,30-31H,5-7,9-18H2,1-4H3/t19-,21+,22-,23-,24-,25+,26+,27-,28+/m1/s1. The third kappa shape index (κ3) is 4.39. The number of halogens is 1. The lowest BCUT2D eigenvalue weighted by atomic mass is 9.50. The molecule has 0 aliphatic heterocycles. The van der Waals surface area contributed by atoms with Crippen LogP contribution in [0, 0.1) is 40.9 Å². The van der Waals surface area contributed by atoms with Gasteiger partial charge in [0.25, 0.3) is 0 Å². The van der Waals surface area contributed by atoms with Crippen molar-refractivity contribution in [3.63, 3.8) is 0 Å². The summed E-state index contributed by atoms with van der Waals surface area (Å²) in [6.07, 6.45) is 15.8. The van der Waals surface area contributed by atoms with Gasteiger partial charge < -0.3 is 10.2 Å². The summed E-state index contributed by atoms with van der Waals surface area (Å²) in [6, 6.07) is 0. The van der Waals surface area contributed by atoms with Crippen LogP contribution in [-0.2, 0) is 0 Å². The van der Waals surface area contributed by atoms with Gasteiger partial charge in [-0.1, -0.05) is 45.3 Å². The van der Waals surface area contributed by atoms with Gasteiger partial charge in [-0.25, -0.2) is 4.39 Å². The number of alkyl halides is 1. The maximum absolute atomic E-state index is 12.9. The largest absolute Gasteiger partial charge is 0.390 e. The molecule has 4 aliphatic rings. The van der Waals surface area contributed by atoms with E-state index >= 15 is 0 Å². The quantitative estimate of drug-likeness (QED) is 0.430. The van der Waals surface area contributed by atoms with Crippen LogP contribution >= 0.6 is 0 Å². The summed E-state index contributed by atoms with van der Waals surface area (Å²) in [7, 11) is 0. The number of hydrogen-bond acceptors (Lipinski definition) is 2. The smallest absolute Gasteiger partial charge is 0.118 e. The molecular weight excluding hydrogens is 387 g/mol. The van der Waals surface area contributed by atoms with Gasteiger partial charge in [0, 0.05) is 0 Å². The first-order valence-electron chi connectivity index (χ1n) is 13.3. The molecule has 3 saturated carbocycles. The van der Waals surface area contributed by atoms with Crippen LogP contribution in [0.3, 0.4) is 0 Å². The maximum atomic E-state index is 12.9. The van der Waals surface area contributed by atoms with Gasteiger partial charge in [0.05, 0.1) is 11.2 Å². The summed E-state index contributed by atoms with van der Waals surface area (Å²) in [6.45, 7) is 8.14. The van der Waals surface area contributed by atoms with Gasteiger partial charge >= 0.3 is 0 Å². The van der Waals surface area contributed by atoms with Crippen molar-refractivity contribution in [3.8, 4) is 0 Å². The molecule has 4 rings (SSSR count). The Hall–Kier alpha value is -0.410.